The minimum atomic E-state index is -0.327. The number of nitrogens with zero attached hydrogens (tertiary/aromatic N) is 1. The van der Waals surface area contributed by atoms with Crippen molar-refractivity contribution in [3.63, 3.8) is 0 Å². The van der Waals surface area contributed by atoms with Crippen molar-refractivity contribution in [1.82, 2.24) is 15.6 Å². The summed E-state index contributed by atoms with van der Waals surface area (Å²) in [4.78, 5) is 16.2. The van der Waals surface area contributed by atoms with Gasteiger partial charge in [-0.05, 0) is 35.9 Å². The summed E-state index contributed by atoms with van der Waals surface area (Å²) in [6, 6.07) is 8.89. The number of aromatic nitrogens is 1. The molecular weight excluding hydrogens is 384 g/mol. The number of amides is 1. The Morgan fingerprint density at radius 1 is 1.31 bits per heavy atom. The second-order valence-electron chi connectivity index (χ2n) is 5.36. The highest BCUT2D eigenvalue weighted by molar-refractivity contribution is 5.85. The second kappa shape index (κ2) is 10.9. The first-order chi connectivity index (χ1) is 11.7. The molecule has 1 aliphatic heterocycles. The lowest BCUT2D eigenvalue weighted by atomic mass is 10.2. The zero-order valence-corrected chi connectivity index (χ0v) is 15.4. The zero-order valence-electron chi connectivity index (χ0n) is 13.8. The predicted octanol–water partition coefficient (Wildman–Crippen LogP) is 2.46. The number of morpholine rings is 1. The van der Waals surface area contributed by atoms with Crippen LogP contribution in [-0.4, -0.2) is 36.7 Å². The Labute approximate surface area is 163 Å². The van der Waals surface area contributed by atoms with Gasteiger partial charge in [-0.15, -0.1) is 24.8 Å². The quantitative estimate of drug-likeness (QED) is 0.801. The molecular formula is C17H20Cl2FN3O3. The standard InChI is InChI=1S/C17H18FN3O3.2ClH/c18-13-1-3-14(4-2-13)24-16-9-12(5-6-20-16)10-21-17(22)15-11-23-8-7-19-15;;/h1-6,9,15,19H,7-8,10-11H2,(H,21,22);2*1H. The van der Waals surface area contributed by atoms with E-state index in [1.54, 1.807) is 18.3 Å². The van der Waals surface area contributed by atoms with Crippen LogP contribution in [0.5, 0.6) is 11.6 Å². The van der Waals surface area contributed by atoms with Crippen molar-refractivity contribution < 1.29 is 18.7 Å². The van der Waals surface area contributed by atoms with Crippen molar-refractivity contribution in [3.05, 3.63) is 54.0 Å². The molecule has 1 aromatic carbocycles. The average molecular weight is 404 g/mol. The van der Waals surface area contributed by atoms with Gasteiger partial charge in [-0.3, -0.25) is 4.79 Å². The molecule has 9 heteroatoms. The van der Waals surface area contributed by atoms with Crippen molar-refractivity contribution in [2.45, 2.75) is 12.6 Å². The lowest BCUT2D eigenvalue weighted by Gasteiger charge is -2.22. The van der Waals surface area contributed by atoms with Gasteiger partial charge < -0.3 is 20.1 Å². The molecule has 6 nitrogen and oxygen atoms in total. The van der Waals surface area contributed by atoms with E-state index in [1.807, 2.05) is 0 Å². The summed E-state index contributed by atoms with van der Waals surface area (Å²) in [5, 5.41) is 5.95. The van der Waals surface area contributed by atoms with Crippen LogP contribution in [0.25, 0.3) is 0 Å². The number of pyridine rings is 1. The summed E-state index contributed by atoms with van der Waals surface area (Å²) in [6.45, 7) is 2.03. The highest BCUT2D eigenvalue weighted by atomic mass is 35.5. The van der Waals surface area contributed by atoms with Gasteiger partial charge in [0.15, 0.2) is 0 Å². The molecule has 26 heavy (non-hydrogen) atoms. The number of halogens is 3. The van der Waals surface area contributed by atoms with E-state index in [0.717, 1.165) is 5.56 Å². The van der Waals surface area contributed by atoms with E-state index in [-0.39, 0.29) is 42.6 Å². The third-order valence-corrected chi connectivity index (χ3v) is 3.54. The molecule has 3 rings (SSSR count). The molecule has 1 fully saturated rings. The van der Waals surface area contributed by atoms with Gasteiger partial charge in [0.1, 0.15) is 17.6 Å². The lowest BCUT2D eigenvalue weighted by molar-refractivity contribution is -0.126. The third kappa shape index (κ3) is 6.42. The van der Waals surface area contributed by atoms with Crippen LogP contribution in [0.1, 0.15) is 5.56 Å². The van der Waals surface area contributed by atoms with Gasteiger partial charge in [-0.25, -0.2) is 9.37 Å². The SMILES string of the molecule is Cl.Cl.O=C(NCc1ccnc(Oc2ccc(F)cc2)c1)C1COCCN1. The van der Waals surface area contributed by atoms with Crippen molar-refractivity contribution in [2.75, 3.05) is 19.8 Å². The molecule has 1 unspecified atom stereocenters. The number of hydrogen-bond acceptors (Lipinski definition) is 5. The van der Waals surface area contributed by atoms with Crippen molar-refractivity contribution in [1.29, 1.82) is 0 Å². The molecule has 1 saturated heterocycles. The second-order valence-corrected chi connectivity index (χ2v) is 5.36. The fourth-order valence-corrected chi connectivity index (χ4v) is 2.29. The molecule has 0 saturated carbocycles. The summed E-state index contributed by atoms with van der Waals surface area (Å²) < 4.78 is 23.7. The van der Waals surface area contributed by atoms with E-state index in [2.05, 4.69) is 15.6 Å². The van der Waals surface area contributed by atoms with Crippen LogP contribution >= 0.6 is 24.8 Å². The van der Waals surface area contributed by atoms with Crippen LogP contribution in [0.15, 0.2) is 42.6 Å². The molecule has 2 heterocycles. The number of carbonyl (C=O) groups is 1. The Hall–Kier alpha value is -1.93. The average Bonchev–Trinajstić information content (AvgIpc) is 2.63. The maximum absolute atomic E-state index is 12.9. The third-order valence-electron chi connectivity index (χ3n) is 3.54. The molecule has 142 valence electrons. The first-order valence-electron chi connectivity index (χ1n) is 7.68. The van der Waals surface area contributed by atoms with Crippen LogP contribution in [0.4, 0.5) is 4.39 Å². The molecule has 0 aliphatic carbocycles. The maximum atomic E-state index is 12.9. The Balaban J connectivity index is 0.00000169. The summed E-state index contributed by atoms with van der Waals surface area (Å²) in [7, 11) is 0. The molecule has 1 aliphatic rings. The fraction of sp³-hybridized carbons (Fsp3) is 0.294. The van der Waals surface area contributed by atoms with Crippen LogP contribution in [0.2, 0.25) is 0 Å². The number of benzene rings is 1. The van der Waals surface area contributed by atoms with Gasteiger partial charge in [-0.2, -0.15) is 0 Å². The van der Waals surface area contributed by atoms with E-state index >= 15 is 0 Å². The highest BCUT2D eigenvalue weighted by Gasteiger charge is 2.20. The Bertz CT molecular complexity index is 698. The van der Waals surface area contributed by atoms with E-state index in [9.17, 15) is 9.18 Å². The predicted molar refractivity (Wildman–Crippen MR) is 99.7 cm³/mol. The van der Waals surface area contributed by atoms with Crippen molar-refractivity contribution in [2.24, 2.45) is 0 Å². The Morgan fingerprint density at radius 2 is 2.08 bits per heavy atom. The summed E-state index contributed by atoms with van der Waals surface area (Å²) in [6.07, 6.45) is 1.60. The van der Waals surface area contributed by atoms with E-state index in [4.69, 9.17) is 9.47 Å². The van der Waals surface area contributed by atoms with Crippen LogP contribution in [-0.2, 0) is 16.1 Å². The van der Waals surface area contributed by atoms with E-state index in [1.165, 1.54) is 24.3 Å². The molecule has 1 aromatic heterocycles. The zero-order chi connectivity index (χ0) is 16.8. The monoisotopic (exact) mass is 403 g/mol. The minimum Gasteiger partial charge on any atom is -0.439 e. The number of rotatable bonds is 5. The lowest BCUT2D eigenvalue weighted by Crippen LogP contribution is -2.51. The summed E-state index contributed by atoms with van der Waals surface area (Å²) in [5.41, 5.74) is 0.854. The van der Waals surface area contributed by atoms with Gasteiger partial charge in [0, 0.05) is 25.4 Å². The van der Waals surface area contributed by atoms with E-state index in [0.29, 0.717) is 37.9 Å². The molecule has 0 bridgehead atoms. The minimum absolute atomic E-state index is 0. The molecule has 2 aromatic rings. The molecule has 0 radical (unpaired) electrons. The summed E-state index contributed by atoms with van der Waals surface area (Å²) >= 11 is 0. The Kier molecular flexibility index (Phi) is 9.29. The maximum Gasteiger partial charge on any atom is 0.239 e. The van der Waals surface area contributed by atoms with Gasteiger partial charge in [-0.1, -0.05) is 0 Å². The summed E-state index contributed by atoms with van der Waals surface area (Å²) in [5.74, 6) is 0.445. The van der Waals surface area contributed by atoms with Gasteiger partial charge in [0.05, 0.1) is 13.2 Å². The molecule has 1 atom stereocenters. The van der Waals surface area contributed by atoms with Gasteiger partial charge in [0.25, 0.3) is 0 Å². The van der Waals surface area contributed by atoms with Crippen LogP contribution in [0, 0.1) is 5.82 Å². The smallest absolute Gasteiger partial charge is 0.239 e. The first-order valence-corrected chi connectivity index (χ1v) is 7.68. The van der Waals surface area contributed by atoms with Crippen LogP contribution < -0.4 is 15.4 Å². The topological polar surface area (TPSA) is 72.5 Å². The largest absolute Gasteiger partial charge is 0.439 e. The van der Waals surface area contributed by atoms with Crippen LogP contribution in [0.3, 0.4) is 0 Å². The normalized spacial score (nSPS) is 16.0. The van der Waals surface area contributed by atoms with E-state index < -0.39 is 0 Å². The van der Waals surface area contributed by atoms with Crippen molar-refractivity contribution >= 4 is 30.7 Å². The molecule has 0 spiro atoms. The highest BCUT2D eigenvalue weighted by Crippen LogP contribution is 2.20. The van der Waals surface area contributed by atoms with Crippen molar-refractivity contribution in [3.8, 4) is 11.6 Å². The number of ether oxygens (including phenoxy) is 2. The molecule has 1 amide bonds. The Morgan fingerprint density at radius 3 is 2.77 bits per heavy atom. The first kappa shape index (κ1) is 22.1. The molecule has 2 N–H and O–H groups in total. The van der Waals surface area contributed by atoms with Gasteiger partial charge in [0.2, 0.25) is 11.8 Å². The van der Waals surface area contributed by atoms with Gasteiger partial charge >= 0.3 is 0 Å². The number of hydrogen-bond donors (Lipinski definition) is 2. The number of carbonyl (C=O) groups excluding carboxylic acids is 1. The number of nitrogens with one attached hydrogen (secondary N) is 2. The fourth-order valence-electron chi connectivity index (χ4n) is 2.29.